The van der Waals surface area contributed by atoms with Crippen LogP contribution in [0.25, 0.3) is 0 Å². The summed E-state index contributed by atoms with van der Waals surface area (Å²) in [6.07, 6.45) is 1.40. The first-order valence-electron chi connectivity index (χ1n) is 5.29. The van der Waals surface area contributed by atoms with E-state index in [4.69, 9.17) is 17.3 Å². The van der Waals surface area contributed by atoms with Gasteiger partial charge in [-0.3, -0.25) is 9.59 Å². The Kier molecular flexibility index (Phi) is 3.76. The van der Waals surface area contributed by atoms with Gasteiger partial charge in [0, 0.05) is 18.0 Å². The number of rotatable bonds is 3. The van der Waals surface area contributed by atoms with E-state index in [1.807, 2.05) is 0 Å². The van der Waals surface area contributed by atoms with Crippen molar-refractivity contribution in [3.05, 3.63) is 46.0 Å². The Bertz CT molecular complexity index is 653. The molecule has 2 aromatic rings. The number of anilines is 2. The molecular formula is C11H10ClN5O2. The third-order valence-corrected chi connectivity index (χ3v) is 2.42. The average Bonchev–Trinajstić information content (AvgIpc) is 2.37. The zero-order valence-electron chi connectivity index (χ0n) is 9.71. The summed E-state index contributed by atoms with van der Waals surface area (Å²) >= 11 is 5.57. The molecule has 0 unspecified atom stereocenters. The van der Waals surface area contributed by atoms with Gasteiger partial charge in [0.15, 0.2) is 11.0 Å². The highest BCUT2D eigenvalue weighted by Crippen LogP contribution is 2.06. The highest BCUT2D eigenvalue weighted by atomic mass is 35.5. The Morgan fingerprint density at radius 2 is 2.11 bits per heavy atom. The van der Waals surface area contributed by atoms with Crippen molar-refractivity contribution in [3.8, 4) is 0 Å². The maximum absolute atomic E-state index is 11.7. The second kappa shape index (κ2) is 5.49. The molecule has 0 radical (unpaired) electrons. The number of nitrogens with one attached hydrogen (secondary N) is 1. The minimum Gasteiger partial charge on any atom is -0.398 e. The van der Waals surface area contributed by atoms with Crippen LogP contribution < -0.4 is 16.6 Å². The molecule has 7 nitrogen and oxygen atoms in total. The molecule has 0 bridgehead atoms. The van der Waals surface area contributed by atoms with E-state index in [-0.39, 0.29) is 23.1 Å². The lowest BCUT2D eigenvalue weighted by Gasteiger charge is -2.06. The van der Waals surface area contributed by atoms with Crippen molar-refractivity contribution in [2.24, 2.45) is 0 Å². The molecule has 2 aromatic heterocycles. The number of aromatic nitrogens is 3. The maximum Gasteiger partial charge on any atom is 0.251 e. The first kappa shape index (κ1) is 13.0. The summed E-state index contributed by atoms with van der Waals surface area (Å²) in [6.45, 7) is -0.159. The smallest absolute Gasteiger partial charge is 0.251 e. The van der Waals surface area contributed by atoms with E-state index in [0.29, 0.717) is 5.69 Å². The van der Waals surface area contributed by atoms with Crippen LogP contribution in [0.15, 0.2) is 35.3 Å². The number of hydrogen-bond acceptors (Lipinski definition) is 5. The molecule has 1 amide bonds. The van der Waals surface area contributed by atoms with E-state index >= 15 is 0 Å². The number of halogens is 1. The van der Waals surface area contributed by atoms with E-state index in [9.17, 15) is 9.59 Å². The van der Waals surface area contributed by atoms with Gasteiger partial charge >= 0.3 is 0 Å². The molecule has 2 heterocycles. The summed E-state index contributed by atoms with van der Waals surface area (Å²) < 4.78 is 1.20. The van der Waals surface area contributed by atoms with E-state index in [1.54, 1.807) is 0 Å². The fourth-order valence-electron chi connectivity index (χ4n) is 1.39. The molecule has 98 valence electrons. The Morgan fingerprint density at radius 1 is 1.32 bits per heavy atom. The number of carbonyl (C=O) groups excluding carboxylic acids is 1. The predicted molar refractivity (Wildman–Crippen MR) is 70.8 cm³/mol. The number of nitrogens with zero attached hydrogens (tertiary/aromatic N) is 3. The van der Waals surface area contributed by atoms with Crippen molar-refractivity contribution < 1.29 is 4.79 Å². The van der Waals surface area contributed by atoms with E-state index < -0.39 is 5.91 Å². The molecule has 0 spiro atoms. The summed E-state index contributed by atoms with van der Waals surface area (Å²) in [4.78, 5) is 23.2. The first-order valence-corrected chi connectivity index (χ1v) is 5.67. The minimum atomic E-state index is -0.413. The zero-order chi connectivity index (χ0) is 13.8. The molecule has 0 saturated carbocycles. The van der Waals surface area contributed by atoms with Crippen LogP contribution in [0.4, 0.5) is 11.5 Å². The number of nitrogens with two attached hydrogens (primary N) is 1. The summed E-state index contributed by atoms with van der Waals surface area (Å²) in [7, 11) is 0. The quantitative estimate of drug-likeness (QED) is 0.852. The van der Waals surface area contributed by atoms with Crippen LogP contribution in [0.5, 0.6) is 0 Å². The van der Waals surface area contributed by atoms with Gasteiger partial charge in [0.05, 0.1) is 0 Å². The van der Waals surface area contributed by atoms with Crippen LogP contribution in [-0.2, 0) is 11.3 Å². The third-order valence-electron chi connectivity index (χ3n) is 2.22. The minimum absolute atomic E-state index is 0.159. The van der Waals surface area contributed by atoms with Crippen LogP contribution in [-0.4, -0.2) is 20.7 Å². The molecule has 3 N–H and O–H groups in total. The lowest BCUT2D eigenvalue weighted by molar-refractivity contribution is -0.116. The largest absolute Gasteiger partial charge is 0.398 e. The normalized spacial score (nSPS) is 10.2. The van der Waals surface area contributed by atoms with E-state index in [1.165, 1.54) is 35.0 Å². The molecule has 8 heteroatoms. The number of amides is 1. The van der Waals surface area contributed by atoms with Crippen molar-refractivity contribution in [2.45, 2.75) is 6.54 Å². The first-order chi connectivity index (χ1) is 9.04. The van der Waals surface area contributed by atoms with Gasteiger partial charge in [-0.1, -0.05) is 11.6 Å². The maximum atomic E-state index is 11.7. The van der Waals surface area contributed by atoms with E-state index in [0.717, 1.165) is 0 Å². The molecule has 0 atom stereocenters. The lowest BCUT2D eigenvalue weighted by atomic mass is 10.4. The van der Waals surface area contributed by atoms with Gasteiger partial charge in [-0.05, 0) is 18.2 Å². The second-order valence-electron chi connectivity index (χ2n) is 3.72. The number of hydrogen-bond donors (Lipinski definition) is 2. The molecular weight excluding hydrogens is 270 g/mol. The summed E-state index contributed by atoms with van der Waals surface area (Å²) in [5.74, 6) is -0.157. The van der Waals surface area contributed by atoms with Gasteiger partial charge in [-0.15, -0.1) is 10.2 Å². The Morgan fingerprint density at radius 3 is 2.79 bits per heavy atom. The molecule has 0 aliphatic heterocycles. The highest BCUT2D eigenvalue weighted by Gasteiger charge is 2.06. The molecule has 0 aromatic carbocycles. The van der Waals surface area contributed by atoms with Crippen molar-refractivity contribution in [1.82, 2.24) is 14.8 Å². The molecule has 0 fully saturated rings. The second-order valence-corrected chi connectivity index (χ2v) is 4.11. The summed E-state index contributed by atoms with van der Waals surface area (Å²) in [6, 6.07) is 5.78. The summed E-state index contributed by atoms with van der Waals surface area (Å²) in [5.41, 5.74) is 5.63. The lowest BCUT2D eigenvalue weighted by Crippen LogP contribution is -2.27. The third kappa shape index (κ3) is 3.52. The molecule has 0 aliphatic carbocycles. The van der Waals surface area contributed by atoms with Gasteiger partial charge in [0.1, 0.15) is 6.54 Å². The Hall–Kier alpha value is -2.41. The number of carbonyl (C=O) groups is 1. The molecule has 0 aliphatic rings. The highest BCUT2D eigenvalue weighted by molar-refractivity contribution is 6.29. The van der Waals surface area contributed by atoms with Crippen LogP contribution in [0, 0.1) is 0 Å². The standard InChI is InChI=1S/C11H10ClN5O2/c12-8-2-3-9(16-15-8)14-10(18)6-17-5-7(13)1-4-11(17)19/h1-5H,6,13H2,(H,14,16,18). The van der Waals surface area contributed by atoms with Crippen molar-refractivity contribution in [1.29, 1.82) is 0 Å². The van der Waals surface area contributed by atoms with Crippen LogP contribution in [0.1, 0.15) is 0 Å². The number of pyridine rings is 1. The van der Waals surface area contributed by atoms with Crippen LogP contribution >= 0.6 is 11.6 Å². The van der Waals surface area contributed by atoms with Gasteiger partial charge in [-0.25, -0.2) is 0 Å². The van der Waals surface area contributed by atoms with Gasteiger partial charge in [0.25, 0.3) is 5.56 Å². The van der Waals surface area contributed by atoms with Gasteiger partial charge in [0.2, 0.25) is 5.91 Å². The monoisotopic (exact) mass is 279 g/mol. The van der Waals surface area contributed by atoms with E-state index in [2.05, 4.69) is 15.5 Å². The fraction of sp³-hybridized carbons (Fsp3) is 0.0909. The summed E-state index contributed by atoms with van der Waals surface area (Å²) in [5, 5.41) is 9.98. The zero-order valence-corrected chi connectivity index (χ0v) is 10.5. The SMILES string of the molecule is Nc1ccc(=O)n(CC(=O)Nc2ccc(Cl)nn2)c1. The molecule has 0 saturated heterocycles. The van der Waals surface area contributed by atoms with Crippen LogP contribution in [0.2, 0.25) is 5.15 Å². The molecule has 19 heavy (non-hydrogen) atoms. The van der Waals surface area contributed by atoms with Gasteiger partial charge in [-0.2, -0.15) is 0 Å². The van der Waals surface area contributed by atoms with Crippen LogP contribution in [0.3, 0.4) is 0 Å². The number of nitrogen functional groups attached to an aromatic ring is 1. The Labute approximate surface area is 113 Å². The van der Waals surface area contributed by atoms with Crippen molar-refractivity contribution in [3.63, 3.8) is 0 Å². The Balaban J connectivity index is 2.07. The van der Waals surface area contributed by atoms with Crippen molar-refractivity contribution >= 4 is 29.0 Å². The fourth-order valence-corrected chi connectivity index (χ4v) is 1.49. The van der Waals surface area contributed by atoms with Gasteiger partial charge < -0.3 is 15.6 Å². The van der Waals surface area contributed by atoms with Crippen molar-refractivity contribution in [2.75, 3.05) is 11.1 Å². The topological polar surface area (TPSA) is 103 Å². The predicted octanol–water partition coefficient (Wildman–Crippen LogP) is 0.513. The molecule has 2 rings (SSSR count). The average molecular weight is 280 g/mol.